The number of hydrogen-bond donors (Lipinski definition) is 4. The van der Waals surface area contributed by atoms with Crippen LogP contribution in [0.4, 0.5) is 0 Å². The number of benzene rings is 1. The Hall–Kier alpha value is -1.14. The minimum Gasteiger partial charge on any atom is -0.508 e. The smallest absolute Gasteiger partial charge is 0.115 e. The molecule has 23 heavy (non-hydrogen) atoms. The third-order valence-corrected chi connectivity index (χ3v) is 4.64. The van der Waals surface area contributed by atoms with Gasteiger partial charge in [0.25, 0.3) is 0 Å². The summed E-state index contributed by atoms with van der Waals surface area (Å²) >= 11 is 0. The second-order valence-electron chi connectivity index (χ2n) is 7.60. The Bertz CT molecular complexity index is 501. The Balaban J connectivity index is 1.88. The summed E-state index contributed by atoms with van der Waals surface area (Å²) in [6.07, 6.45) is 0.497. The molecule has 130 valence electrons. The number of hydrazine groups is 1. The third-order valence-electron chi connectivity index (χ3n) is 4.64. The van der Waals surface area contributed by atoms with Crippen molar-refractivity contribution >= 4 is 0 Å². The topological polar surface area (TPSA) is 67.8 Å². The van der Waals surface area contributed by atoms with Crippen molar-refractivity contribution in [2.24, 2.45) is 5.41 Å². The van der Waals surface area contributed by atoms with Gasteiger partial charge in [-0.05, 0) is 36.1 Å². The van der Waals surface area contributed by atoms with Crippen molar-refractivity contribution in [3.05, 3.63) is 29.8 Å². The zero-order valence-corrected chi connectivity index (χ0v) is 14.7. The highest BCUT2D eigenvalue weighted by molar-refractivity contribution is 5.28. The molecule has 0 amide bonds. The van der Waals surface area contributed by atoms with Crippen LogP contribution in [0, 0.1) is 5.41 Å². The van der Waals surface area contributed by atoms with E-state index in [0.29, 0.717) is 18.6 Å². The summed E-state index contributed by atoms with van der Waals surface area (Å²) in [4.78, 5) is 2.25. The van der Waals surface area contributed by atoms with Gasteiger partial charge in [-0.2, -0.15) is 0 Å². The van der Waals surface area contributed by atoms with Crippen LogP contribution in [0.5, 0.6) is 5.75 Å². The van der Waals surface area contributed by atoms with Crippen molar-refractivity contribution in [1.29, 1.82) is 0 Å². The average Bonchev–Trinajstić information content (AvgIpc) is 2.95. The molecule has 4 N–H and O–H groups in total. The molecule has 3 unspecified atom stereocenters. The van der Waals surface area contributed by atoms with Gasteiger partial charge in [-0.25, -0.2) is 0 Å². The molecule has 0 aliphatic carbocycles. The van der Waals surface area contributed by atoms with Gasteiger partial charge in [0.05, 0.1) is 6.10 Å². The molecule has 1 aromatic rings. The van der Waals surface area contributed by atoms with E-state index >= 15 is 0 Å². The number of phenolic OH excluding ortho intramolecular Hbond substituents is 1. The maximum atomic E-state index is 10.4. The number of hydrogen-bond acceptors (Lipinski definition) is 5. The van der Waals surface area contributed by atoms with E-state index < -0.39 is 6.10 Å². The molecule has 3 atom stereocenters. The first-order valence-electron chi connectivity index (χ1n) is 8.50. The van der Waals surface area contributed by atoms with Crippen LogP contribution in [0.15, 0.2) is 24.3 Å². The first-order valence-corrected chi connectivity index (χ1v) is 8.50. The van der Waals surface area contributed by atoms with E-state index in [1.165, 1.54) is 0 Å². The van der Waals surface area contributed by atoms with E-state index in [1.807, 2.05) is 6.07 Å². The van der Waals surface area contributed by atoms with Crippen LogP contribution in [-0.2, 0) is 0 Å². The minimum absolute atomic E-state index is 0.194. The summed E-state index contributed by atoms with van der Waals surface area (Å²) in [6.45, 7) is 11.2. The van der Waals surface area contributed by atoms with E-state index in [4.69, 9.17) is 0 Å². The fourth-order valence-corrected chi connectivity index (χ4v) is 3.04. The number of likely N-dealkylation sites (N-methyl/N-ethyl adjacent to an activating group) is 1. The Morgan fingerprint density at radius 3 is 2.61 bits per heavy atom. The Labute approximate surface area is 139 Å². The molecule has 0 spiro atoms. The fraction of sp³-hybridized carbons (Fsp3) is 0.667. The largest absolute Gasteiger partial charge is 0.508 e. The van der Waals surface area contributed by atoms with Crippen molar-refractivity contribution in [2.75, 3.05) is 19.6 Å². The molecular weight excluding hydrogens is 290 g/mol. The van der Waals surface area contributed by atoms with Crippen LogP contribution < -0.4 is 10.9 Å². The lowest BCUT2D eigenvalue weighted by atomic mass is 9.84. The van der Waals surface area contributed by atoms with Gasteiger partial charge in [0.15, 0.2) is 0 Å². The molecule has 1 aliphatic rings. The van der Waals surface area contributed by atoms with Crippen molar-refractivity contribution in [1.82, 2.24) is 15.8 Å². The summed E-state index contributed by atoms with van der Waals surface area (Å²) in [5, 5.41) is 20.0. The molecule has 1 aromatic carbocycles. The zero-order valence-electron chi connectivity index (χ0n) is 14.7. The number of nitrogens with zero attached hydrogens (tertiary/aromatic N) is 1. The number of phenols is 1. The van der Waals surface area contributed by atoms with Crippen molar-refractivity contribution in [3.8, 4) is 5.75 Å². The van der Waals surface area contributed by atoms with Crippen molar-refractivity contribution in [3.63, 3.8) is 0 Å². The van der Waals surface area contributed by atoms with E-state index in [9.17, 15) is 10.2 Å². The lowest BCUT2D eigenvalue weighted by Crippen LogP contribution is -2.43. The minimum atomic E-state index is -0.588. The lowest BCUT2D eigenvalue weighted by molar-refractivity contribution is 0.110. The number of nitrogens with one attached hydrogen (secondary N) is 2. The van der Waals surface area contributed by atoms with E-state index in [0.717, 1.165) is 25.1 Å². The quantitative estimate of drug-likeness (QED) is 0.645. The van der Waals surface area contributed by atoms with Gasteiger partial charge in [-0.15, -0.1) is 0 Å². The highest BCUT2D eigenvalue weighted by Gasteiger charge is 2.33. The zero-order chi connectivity index (χ0) is 17.0. The normalized spacial score (nSPS) is 23.4. The number of aliphatic hydroxyl groups excluding tert-OH is 1. The van der Waals surface area contributed by atoms with Gasteiger partial charge < -0.3 is 10.2 Å². The number of aromatic hydroxyl groups is 1. The van der Waals surface area contributed by atoms with E-state index in [-0.39, 0.29) is 11.2 Å². The van der Waals surface area contributed by atoms with Crippen LogP contribution >= 0.6 is 0 Å². The van der Waals surface area contributed by atoms with Crippen LogP contribution in [0.25, 0.3) is 0 Å². The summed E-state index contributed by atoms with van der Waals surface area (Å²) < 4.78 is 0. The molecule has 2 rings (SSSR count). The number of rotatable bonds is 6. The van der Waals surface area contributed by atoms with Gasteiger partial charge in [0.2, 0.25) is 0 Å². The maximum Gasteiger partial charge on any atom is 0.115 e. The molecule has 0 radical (unpaired) electrons. The standard InChI is InChI=1S/C18H31N3O2/c1-5-21(11-14-10-17(20-19-14)18(2,3)4)12-16(23)13-7-6-8-15(22)9-13/h6-9,14,16-17,19-20,22-23H,5,10-12H2,1-4H3. The molecule has 0 bridgehead atoms. The molecule has 5 heteroatoms. The lowest BCUT2D eigenvalue weighted by Gasteiger charge is -2.27. The molecule has 5 nitrogen and oxygen atoms in total. The van der Waals surface area contributed by atoms with Gasteiger partial charge in [-0.1, -0.05) is 39.8 Å². The van der Waals surface area contributed by atoms with Crippen LogP contribution in [0.2, 0.25) is 0 Å². The van der Waals surface area contributed by atoms with Crippen molar-refractivity contribution in [2.45, 2.75) is 52.3 Å². The summed E-state index contributed by atoms with van der Waals surface area (Å²) in [5.74, 6) is 0.194. The fourth-order valence-electron chi connectivity index (χ4n) is 3.04. The summed E-state index contributed by atoms with van der Waals surface area (Å²) in [5.41, 5.74) is 7.78. The van der Waals surface area contributed by atoms with Crippen LogP contribution in [0.3, 0.4) is 0 Å². The van der Waals surface area contributed by atoms with E-state index in [2.05, 4.69) is 43.4 Å². The molecule has 1 fully saturated rings. The second-order valence-corrected chi connectivity index (χ2v) is 7.60. The predicted octanol–water partition coefficient (Wildman–Crippen LogP) is 2.03. The van der Waals surface area contributed by atoms with Crippen LogP contribution in [-0.4, -0.2) is 46.8 Å². The average molecular weight is 321 g/mol. The SMILES string of the molecule is CCN(CC1CC(C(C)(C)C)NN1)CC(O)c1cccc(O)c1. The van der Waals surface area contributed by atoms with Gasteiger partial charge in [0.1, 0.15) is 5.75 Å². The Morgan fingerprint density at radius 2 is 2.04 bits per heavy atom. The van der Waals surface area contributed by atoms with Crippen molar-refractivity contribution < 1.29 is 10.2 Å². The molecule has 1 saturated heterocycles. The Kier molecular flexibility index (Phi) is 6.03. The van der Waals surface area contributed by atoms with E-state index in [1.54, 1.807) is 18.2 Å². The molecule has 1 heterocycles. The second kappa shape index (κ2) is 7.62. The Morgan fingerprint density at radius 1 is 1.30 bits per heavy atom. The van der Waals surface area contributed by atoms with Gasteiger partial charge in [-0.3, -0.25) is 15.8 Å². The molecule has 0 saturated carbocycles. The molecule has 0 aromatic heterocycles. The molecular formula is C18H31N3O2. The third kappa shape index (κ3) is 5.18. The monoisotopic (exact) mass is 321 g/mol. The van der Waals surface area contributed by atoms with Crippen LogP contribution in [0.1, 0.15) is 45.8 Å². The van der Waals surface area contributed by atoms with Gasteiger partial charge >= 0.3 is 0 Å². The summed E-state index contributed by atoms with van der Waals surface area (Å²) in [7, 11) is 0. The predicted molar refractivity (Wildman–Crippen MR) is 93.1 cm³/mol. The number of aliphatic hydroxyl groups is 1. The first kappa shape index (κ1) is 18.2. The maximum absolute atomic E-state index is 10.4. The summed E-state index contributed by atoms with van der Waals surface area (Å²) in [6, 6.07) is 7.71. The first-order chi connectivity index (χ1) is 10.8. The highest BCUT2D eigenvalue weighted by Crippen LogP contribution is 2.26. The molecule has 1 aliphatic heterocycles. The highest BCUT2D eigenvalue weighted by atomic mass is 16.3. The van der Waals surface area contributed by atoms with Gasteiger partial charge in [0, 0.05) is 25.2 Å².